The van der Waals surface area contributed by atoms with Crippen molar-refractivity contribution in [2.45, 2.75) is 19.6 Å². The van der Waals surface area contributed by atoms with Crippen LogP contribution in [0.2, 0.25) is 0 Å². The van der Waals surface area contributed by atoms with Crippen molar-refractivity contribution in [3.8, 4) is 5.75 Å². The zero-order valence-electron chi connectivity index (χ0n) is 9.67. The summed E-state index contributed by atoms with van der Waals surface area (Å²) in [6.45, 7) is -1.89. The molecule has 1 aromatic rings. The number of nitrogens with one attached hydrogen (secondary N) is 1. The van der Waals surface area contributed by atoms with Crippen LogP contribution >= 0.6 is 0 Å². The van der Waals surface area contributed by atoms with Crippen molar-refractivity contribution < 1.29 is 28.3 Å². The monoisotopic (exact) mass is 276 g/mol. The number of halogens is 2. The molecule has 7 nitrogen and oxygen atoms in total. The number of carboxylic acid groups (broad SMARTS) is 1. The molecule has 2 N–H and O–H groups in total. The molecule has 0 spiro atoms. The van der Waals surface area contributed by atoms with Crippen LogP contribution in [-0.2, 0) is 4.79 Å². The molecular weight excluding hydrogens is 266 g/mol. The molecule has 0 heterocycles. The summed E-state index contributed by atoms with van der Waals surface area (Å²) in [5, 5.41) is 21.8. The number of ether oxygens (including phenoxy) is 1. The lowest BCUT2D eigenvalue weighted by Gasteiger charge is -2.12. The summed E-state index contributed by atoms with van der Waals surface area (Å²) in [7, 11) is 0. The van der Waals surface area contributed by atoms with Crippen molar-refractivity contribution in [2.75, 3.05) is 5.32 Å². The molecule has 19 heavy (non-hydrogen) atoms. The van der Waals surface area contributed by atoms with Crippen LogP contribution in [0.25, 0.3) is 0 Å². The van der Waals surface area contributed by atoms with Crippen LogP contribution in [0, 0.1) is 10.1 Å². The third kappa shape index (κ3) is 4.05. The molecule has 0 aromatic heterocycles. The molecule has 0 bridgehead atoms. The number of nitro benzene ring substituents is 1. The Morgan fingerprint density at radius 2 is 2.16 bits per heavy atom. The summed E-state index contributed by atoms with van der Waals surface area (Å²) in [4.78, 5) is 20.4. The number of carbonyl (C=O) groups is 1. The van der Waals surface area contributed by atoms with E-state index in [4.69, 9.17) is 5.11 Å². The first kappa shape index (κ1) is 14.6. The number of benzene rings is 1. The molecular formula is C10H10F2N2O5. The maximum Gasteiger partial charge on any atom is 0.387 e. The predicted octanol–water partition coefficient (Wildman–Crippen LogP) is 2.08. The molecule has 0 amide bonds. The lowest BCUT2D eigenvalue weighted by atomic mass is 10.2. The third-order valence-corrected chi connectivity index (χ3v) is 2.13. The van der Waals surface area contributed by atoms with Crippen molar-refractivity contribution in [3.05, 3.63) is 28.3 Å². The van der Waals surface area contributed by atoms with E-state index >= 15 is 0 Å². The van der Waals surface area contributed by atoms with Crippen molar-refractivity contribution in [1.82, 2.24) is 0 Å². The van der Waals surface area contributed by atoms with E-state index in [1.54, 1.807) is 0 Å². The summed E-state index contributed by atoms with van der Waals surface area (Å²) in [6.07, 6.45) is 0. The number of hydrogen-bond donors (Lipinski definition) is 2. The number of rotatable bonds is 6. The van der Waals surface area contributed by atoms with E-state index in [1.807, 2.05) is 0 Å². The number of carboxylic acids is 1. The van der Waals surface area contributed by atoms with Gasteiger partial charge in [0.05, 0.1) is 4.92 Å². The quantitative estimate of drug-likeness (QED) is 0.609. The average Bonchev–Trinajstić information content (AvgIpc) is 2.27. The van der Waals surface area contributed by atoms with Crippen LogP contribution < -0.4 is 10.1 Å². The topological polar surface area (TPSA) is 102 Å². The van der Waals surface area contributed by atoms with Gasteiger partial charge in [-0.05, 0) is 13.0 Å². The zero-order valence-corrected chi connectivity index (χ0v) is 9.67. The normalized spacial score (nSPS) is 12.0. The Morgan fingerprint density at radius 3 is 2.63 bits per heavy atom. The molecule has 0 saturated carbocycles. The highest BCUT2D eigenvalue weighted by Crippen LogP contribution is 2.31. The van der Waals surface area contributed by atoms with Gasteiger partial charge >= 0.3 is 18.3 Å². The second-order valence-corrected chi connectivity index (χ2v) is 3.52. The van der Waals surface area contributed by atoms with E-state index < -0.39 is 35.0 Å². The molecule has 0 unspecified atom stereocenters. The maximum atomic E-state index is 12.1. The van der Waals surface area contributed by atoms with E-state index in [9.17, 15) is 23.7 Å². The van der Waals surface area contributed by atoms with Gasteiger partial charge in [0.25, 0.3) is 0 Å². The molecule has 104 valence electrons. The van der Waals surface area contributed by atoms with Crippen molar-refractivity contribution >= 4 is 17.3 Å². The summed E-state index contributed by atoms with van der Waals surface area (Å²) in [5.41, 5.74) is -0.509. The number of nitrogens with zero attached hydrogens (tertiary/aromatic N) is 1. The van der Waals surface area contributed by atoms with Gasteiger partial charge in [-0.2, -0.15) is 8.78 Å². The largest absolute Gasteiger partial charge is 0.480 e. The van der Waals surface area contributed by atoms with Crippen LogP contribution in [0.15, 0.2) is 18.2 Å². The van der Waals surface area contributed by atoms with Crippen LogP contribution in [-0.4, -0.2) is 28.7 Å². The Morgan fingerprint density at radius 1 is 1.53 bits per heavy atom. The lowest BCUT2D eigenvalue weighted by Crippen LogP contribution is -2.25. The number of nitro groups is 1. The zero-order chi connectivity index (χ0) is 14.6. The Hall–Kier alpha value is -2.45. The highest BCUT2D eigenvalue weighted by Gasteiger charge is 2.20. The molecule has 0 aliphatic carbocycles. The van der Waals surface area contributed by atoms with Crippen molar-refractivity contribution in [2.24, 2.45) is 0 Å². The van der Waals surface area contributed by atoms with E-state index in [0.717, 1.165) is 12.1 Å². The van der Waals surface area contributed by atoms with Gasteiger partial charge in [0.1, 0.15) is 6.04 Å². The maximum absolute atomic E-state index is 12.1. The molecule has 0 fully saturated rings. The van der Waals surface area contributed by atoms with Gasteiger partial charge in [-0.15, -0.1) is 0 Å². The Labute approximate surface area is 105 Å². The minimum atomic E-state index is -3.22. The van der Waals surface area contributed by atoms with Gasteiger partial charge in [0, 0.05) is 17.8 Å². The first-order valence-corrected chi connectivity index (χ1v) is 5.04. The fourth-order valence-electron chi connectivity index (χ4n) is 1.26. The second-order valence-electron chi connectivity index (χ2n) is 3.52. The van der Waals surface area contributed by atoms with Gasteiger partial charge in [0.2, 0.25) is 5.75 Å². The predicted molar refractivity (Wildman–Crippen MR) is 60.4 cm³/mol. The first-order chi connectivity index (χ1) is 8.81. The van der Waals surface area contributed by atoms with Crippen LogP contribution in [0.3, 0.4) is 0 Å². The van der Waals surface area contributed by atoms with Crippen LogP contribution in [0.1, 0.15) is 6.92 Å². The highest BCUT2D eigenvalue weighted by molar-refractivity contribution is 5.77. The summed E-state index contributed by atoms with van der Waals surface area (Å²) < 4.78 is 28.3. The lowest BCUT2D eigenvalue weighted by molar-refractivity contribution is -0.386. The minimum absolute atomic E-state index is 0.121. The van der Waals surface area contributed by atoms with Crippen molar-refractivity contribution in [1.29, 1.82) is 0 Å². The molecule has 1 rings (SSSR count). The molecule has 1 aromatic carbocycles. The van der Waals surface area contributed by atoms with Gasteiger partial charge in [-0.3, -0.25) is 14.9 Å². The van der Waals surface area contributed by atoms with Gasteiger partial charge in [-0.25, -0.2) is 0 Å². The Balaban J connectivity index is 3.03. The average molecular weight is 276 g/mol. The SMILES string of the molecule is C[C@@H](Nc1ccc([N+](=O)[O-])c(OC(F)F)c1)C(=O)O. The van der Waals surface area contributed by atoms with Gasteiger partial charge < -0.3 is 15.2 Å². The Kier molecular flexibility index (Phi) is 4.56. The number of alkyl halides is 2. The fourth-order valence-corrected chi connectivity index (χ4v) is 1.26. The number of aliphatic carboxylic acids is 1. The summed E-state index contributed by atoms with van der Waals surface area (Å²) in [5.74, 6) is -1.79. The fraction of sp³-hybridized carbons (Fsp3) is 0.300. The van der Waals surface area contributed by atoms with Crippen LogP contribution in [0.5, 0.6) is 5.75 Å². The minimum Gasteiger partial charge on any atom is -0.480 e. The summed E-state index contributed by atoms with van der Waals surface area (Å²) in [6, 6.07) is 2.12. The Bertz CT molecular complexity index is 495. The van der Waals surface area contributed by atoms with Crippen LogP contribution in [0.4, 0.5) is 20.2 Å². The first-order valence-electron chi connectivity index (χ1n) is 5.04. The number of anilines is 1. The van der Waals surface area contributed by atoms with E-state index in [2.05, 4.69) is 10.1 Å². The van der Waals surface area contributed by atoms with E-state index in [0.29, 0.717) is 0 Å². The molecule has 0 aliphatic rings. The van der Waals surface area contributed by atoms with Gasteiger partial charge in [-0.1, -0.05) is 0 Å². The summed E-state index contributed by atoms with van der Waals surface area (Å²) >= 11 is 0. The van der Waals surface area contributed by atoms with Crippen molar-refractivity contribution in [3.63, 3.8) is 0 Å². The third-order valence-electron chi connectivity index (χ3n) is 2.13. The molecule has 1 atom stereocenters. The molecule has 0 aliphatic heterocycles. The number of hydrogen-bond acceptors (Lipinski definition) is 5. The second kappa shape index (κ2) is 5.94. The smallest absolute Gasteiger partial charge is 0.387 e. The molecule has 9 heteroatoms. The molecule has 0 radical (unpaired) electrons. The van der Waals surface area contributed by atoms with Gasteiger partial charge in [0.15, 0.2) is 0 Å². The highest BCUT2D eigenvalue weighted by atomic mass is 19.3. The standard InChI is InChI=1S/C10H10F2N2O5/c1-5(9(15)16)13-6-2-3-7(14(17)18)8(4-6)19-10(11)12/h2-5,10,13H,1H3,(H,15,16)/t5-/m1/s1. The molecule has 0 saturated heterocycles. The van der Waals surface area contributed by atoms with E-state index in [-0.39, 0.29) is 5.69 Å². The van der Waals surface area contributed by atoms with E-state index in [1.165, 1.54) is 13.0 Å².